The Morgan fingerprint density at radius 1 is 1.14 bits per heavy atom. The molecule has 8 nitrogen and oxygen atoms in total. The molecule has 0 radical (unpaired) electrons. The molecule has 4 atom stereocenters. The number of carboxylic acid groups (broad SMARTS) is 1. The lowest BCUT2D eigenvalue weighted by Crippen LogP contribution is -2.54. The monoisotopic (exact) mass is 388 g/mol. The summed E-state index contributed by atoms with van der Waals surface area (Å²) in [6.07, 6.45) is 2.74. The van der Waals surface area contributed by atoms with E-state index in [0.717, 1.165) is 16.5 Å². The molecular formula is C20H28N4O4. The van der Waals surface area contributed by atoms with Gasteiger partial charge in [0.15, 0.2) is 0 Å². The van der Waals surface area contributed by atoms with Crippen LogP contribution in [0, 0.1) is 5.92 Å². The quantitative estimate of drug-likeness (QED) is 0.439. The zero-order valence-electron chi connectivity index (χ0n) is 16.4. The highest BCUT2D eigenvalue weighted by Crippen LogP contribution is 2.18. The lowest BCUT2D eigenvalue weighted by atomic mass is 9.99. The summed E-state index contributed by atoms with van der Waals surface area (Å²) >= 11 is 0. The van der Waals surface area contributed by atoms with Crippen LogP contribution in [0.25, 0.3) is 10.9 Å². The van der Waals surface area contributed by atoms with Crippen LogP contribution >= 0.6 is 0 Å². The molecule has 2 rings (SSSR count). The summed E-state index contributed by atoms with van der Waals surface area (Å²) in [5, 5.41) is 15.3. The molecule has 4 unspecified atom stereocenters. The van der Waals surface area contributed by atoms with Crippen molar-refractivity contribution in [2.24, 2.45) is 11.7 Å². The Hall–Kier alpha value is -2.87. The van der Waals surface area contributed by atoms with Gasteiger partial charge in [0.1, 0.15) is 12.1 Å². The average molecular weight is 388 g/mol. The maximum atomic E-state index is 12.4. The zero-order valence-corrected chi connectivity index (χ0v) is 16.4. The van der Waals surface area contributed by atoms with Crippen molar-refractivity contribution >= 4 is 28.7 Å². The molecule has 0 aliphatic carbocycles. The van der Waals surface area contributed by atoms with Gasteiger partial charge in [-0.3, -0.25) is 9.59 Å². The van der Waals surface area contributed by atoms with Crippen LogP contribution in [-0.4, -0.2) is 46.0 Å². The first kappa shape index (κ1) is 21.4. The molecule has 0 fully saturated rings. The third-order valence-electron chi connectivity index (χ3n) is 4.98. The summed E-state index contributed by atoms with van der Waals surface area (Å²) in [5.41, 5.74) is 7.89. The molecule has 1 aromatic carbocycles. The molecule has 0 spiro atoms. The van der Waals surface area contributed by atoms with E-state index in [1.165, 1.54) is 6.92 Å². The molecule has 1 aromatic heterocycles. The van der Waals surface area contributed by atoms with E-state index in [0.29, 0.717) is 12.8 Å². The van der Waals surface area contributed by atoms with Crippen molar-refractivity contribution in [2.75, 3.05) is 0 Å². The molecule has 2 amide bonds. The fraction of sp³-hybridized carbons (Fsp3) is 0.450. The van der Waals surface area contributed by atoms with E-state index < -0.39 is 35.9 Å². The number of hydrogen-bond donors (Lipinski definition) is 5. The fourth-order valence-corrected chi connectivity index (χ4v) is 2.98. The summed E-state index contributed by atoms with van der Waals surface area (Å²) in [5.74, 6) is -2.35. The number of aromatic amines is 1. The van der Waals surface area contributed by atoms with Crippen molar-refractivity contribution in [2.45, 2.75) is 51.7 Å². The van der Waals surface area contributed by atoms with Gasteiger partial charge in [-0.2, -0.15) is 0 Å². The molecule has 152 valence electrons. The number of benzene rings is 1. The number of amides is 2. The third-order valence-corrected chi connectivity index (χ3v) is 4.98. The minimum atomic E-state index is -1.10. The normalized spacial score (nSPS) is 15.4. The number of H-pyrrole nitrogens is 1. The van der Waals surface area contributed by atoms with Gasteiger partial charge >= 0.3 is 5.97 Å². The minimum absolute atomic E-state index is 0.228. The lowest BCUT2D eigenvalue weighted by molar-refractivity contribution is -0.143. The number of aromatic nitrogens is 1. The van der Waals surface area contributed by atoms with Gasteiger partial charge in [0.2, 0.25) is 11.8 Å². The second kappa shape index (κ2) is 9.36. The number of aliphatic carboxylic acids is 1. The molecule has 0 aliphatic heterocycles. The predicted molar refractivity (Wildman–Crippen MR) is 107 cm³/mol. The second-order valence-corrected chi connectivity index (χ2v) is 7.11. The number of carbonyl (C=O) groups excluding carboxylic acids is 2. The van der Waals surface area contributed by atoms with Crippen LogP contribution in [0.3, 0.4) is 0 Å². The molecule has 1 heterocycles. The Labute approximate surface area is 163 Å². The van der Waals surface area contributed by atoms with Crippen molar-refractivity contribution in [3.8, 4) is 0 Å². The smallest absolute Gasteiger partial charge is 0.326 e. The van der Waals surface area contributed by atoms with Gasteiger partial charge in [-0.15, -0.1) is 0 Å². The topological polar surface area (TPSA) is 137 Å². The molecule has 0 bridgehead atoms. The SMILES string of the molecule is CCC(C)C(NC(=O)C(C)NC(=O)C(N)Cc1c[nH]c2ccccc12)C(=O)O. The number of hydrogen-bond acceptors (Lipinski definition) is 4. The molecule has 0 aliphatic rings. The number of fused-ring (bicyclic) bond motifs is 1. The first-order valence-corrected chi connectivity index (χ1v) is 9.38. The van der Waals surface area contributed by atoms with Gasteiger partial charge < -0.3 is 26.5 Å². The van der Waals surface area contributed by atoms with E-state index >= 15 is 0 Å². The van der Waals surface area contributed by atoms with Crippen LogP contribution < -0.4 is 16.4 Å². The maximum absolute atomic E-state index is 12.4. The highest BCUT2D eigenvalue weighted by Gasteiger charge is 2.28. The van der Waals surface area contributed by atoms with Gasteiger partial charge in [0.25, 0.3) is 0 Å². The van der Waals surface area contributed by atoms with Crippen molar-refractivity contribution in [3.05, 3.63) is 36.0 Å². The van der Waals surface area contributed by atoms with Crippen molar-refractivity contribution in [1.29, 1.82) is 0 Å². The highest BCUT2D eigenvalue weighted by atomic mass is 16.4. The zero-order chi connectivity index (χ0) is 20.8. The number of carboxylic acids is 1. The Bertz CT molecular complexity index is 848. The number of rotatable bonds is 9. The van der Waals surface area contributed by atoms with Gasteiger partial charge in [0, 0.05) is 17.1 Å². The molecule has 6 N–H and O–H groups in total. The molecule has 8 heteroatoms. The summed E-state index contributed by atoms with van der Waals surface area (Å²) in [7, 11) is 0. The Morgan fingerprint density at radius 2 is 1.82 bits per heavy atom. The van der Waals surface area contributed by atoms with E-state index in [2.05, 4.69) is 15.6 Å². The van der Waals surface area contributed by atoms with E-state index in [1.807, 2.05) is 37.4 Å². The maximum Gasteiger partial charge on any atom is 0.326 e. The molecule has 0 saturated carbocycles. The Balaban J connectivity index is 1.95. The number of carbonyl (C=O) groups is 3. The van der Waals surface area contributed by atoms with Gasteiger partial charge in [-0.05, 0) is 30.9 Å². The van der Waals surface area contributed by atoms with Crippen LogP contribution in [0.5, 0.6) is 0 Å². The van der Waals surface area contributed by atoms with Gasteiger partial charge in [-0.1, -0.05) is 38.5 Å². The van der Waals surface area contributed by atoms with Gasteiger partial charge in [0.05, 0.1) is 6.04 Å². The predicted octanol–water partition coefficient (Wildman–Crippen LogP) is 1.16. The third kappa shape index (κ3) is 5.10. The Kier molecular flexibility index (Phi) is 7.17. The van der Waals surface area contributed by atoms with Gasteiger partial charge in [-0.25, -0.2) is 4.79 Å². The van der Waals surface area contributed by atoms with E-state index in [9.17, 15) is 19.5 Å². The lowest BCUT2D eigenvalue weighted by Gasteiger charge is -2.23. The van der Waals surface area contributed by atoms with Crippen LogP contribution in [0.15, 0.2) is 30.5 Å². The molecule has 0 saturated heterocycles. The number of nitrogens with one attached hydrogen (secondary N) is 3. The summed E-state index contributed by atoms with van der Waals surface area (Å²) in [6, 6.07) is 4.98. The van der Waals surface area contributed by atoms with Crippen LogP contribution in [0.2, 0.25) is 0 Å². The first-order chi connectivity index (χ1) is 13.2. The van der Waals surface area contributed by atoms with Crippen molar-refractivity contribution < 1.29 is 19.5 Å². The van der Waals surface area contributed by atoms with Crippen molar-refractivity contribution in [3.63, 3.8) is 0 Å². The van der Waals surface area contributed by atoms with Crippen LogP contribution in [0.1, 0.15) is 32.8 Å². The summed E-state index contributed by atoms with van der Waals surface area (Å²) in [6.45, 7) is 5.10. The van der Waals surface area contributed by atoms with E-state index in [4.69, 9.17) is 5.73 Å². The molecule has 2 aromatic rings. The number of para-hydroxylation sites is 1. The largest absolute Gasteiger partial charge is 0.480 e. The second-order valence-electron chi connectivity index (χ2n) is 7.11. The molecular weight excluding hydrogens is 360 g/mol. The minimum Gasteiger partial charge on any atom is -0.480 e. The van der Waals surface area contributed by atoms with E-state index in [1.54, 1.807) is 6.92 Å². The average Bonchev–Trinajstić information content (AvgIpc) is 3.07. The van der Waals surface area contributed by atoms with Crippen LogP contribution in [-0.2, 0) is 20.8 Å². The summed E-state index contributed by atoms with van der Waals surface area (Å²) in [4.78, 5) is 39.2. The fourth-order valence-electron chi connectivity index (χ4n) is 2.98. The standard InChI is InChI=1S/C20H28N4O4/c1-4-11(2)17(20(27)28)24-18(25)12(3)23-19(26)15(21)9-13-10-22-16-8-6-5-7-14(13)16/h5-8,10-12,15,17,22H,4,9,21H2,1-3H3,(H,23,26)(H,24,25)(H,27,28). The van der Waals surface area contributed by atoms with Crippen molar-refractivity contribution in [1.82, 2.24) is 15.6 Å². The first-order valence-electron chi connectivity index (χ1n) is 9.38. The van der Waals surface area contributed by atoms with Crippen LogP contribution in [0.4, 0.5) is 0 Å². The summed E-state index contributed by atoms with van der Waals surface area (Å²) < 4.78 is 0. The van der Waals surface area contributed by atoms with E-state index in [-0.39, 0.29) is 5.92 Å². The number of nitrogens with two attached hydrogens (primary N) is 1. The highest BCUT2D eigenvalue weighted by molar-refractivity contribution is 5.92. The Morgan fingerprint density at radius 3 is 2.46 bits per heavy atom. The molecule has 28 heavy (non-hydrogen) atoms.